The molecule has 0 aliphatic carbocycles. The number of benzene rings is 2. The Kier molecular flexibility index (Phi) is 14.3. The standard InChI is InChI=1S/C20H20N.C13H21F3O2.Ir/c1-13(2)16-5-6-19-17(12-16)7-8-21-20(19)18-10-14(3)9-15(4)11-18;1-4-9(5-2)11(17)7-12(18)10(6-3)8-13(14,15)16;/h5-10,12-13H,1-4H3;7,9-10,17H,4-6,8H2,1-3H3;/q-1;;/b;11-7-;. The zero-order valence-electron chi connectivity index (χ0n) is 24.4. The molecule has 1 atom stereocenters. The Balaban J connectivity index is 0.000000397. The van der Waals surface area contributed by atoms with Gasteiger partial charge in [-0.15, -0.1) is 34.9 Å². The molecule has 0 spiro atoms. The summed E-state index contributed by atoms with van der Waals surface area (Å²) in [5.41, 5.74) is 5.87. The van der Waals surface area contributed by atoms with Gasteiger partial charge in [0.25, 0.3) is 0 Å². The third kappa shape index (κ3) is 10.5. The van der Waals surface area contributed by atoms with Crippen LogP contribution in [0.2, 0.25) is 0 Å². The zero-order chi connectivity index (χ0) is 29.3. The zero-order valence-corrected chi connectivity index (χ0v) is 26.8. The predicted molar refractivity (Wildman–Crippen MR) is 154 cm³/mol. The average Bonchev–Trinajstić information content (AvgIpc) is 2.86. The molecule has 2 aromatic carbocycles. The van der Waals surface area contributed by atoms with Gasteiger partial charge in [0.2, 0.25) is 0 Å². The molecule has 0 bridgehead atoms. The summed E-state index contributed by atoms with van der Waals surface area (Å²) < 4.78 is 36.7. The van der Waals surface area contributed by atoms with E-state index in [-0.39, 0.29) is 38.2 Å². The van der Waals surface area contributed by atoms with Gasteiger partial charge in [-0.1, -0.05) is 66.7 Å². The van der Waals surface area contributed by atoms with Crippen molar-refractivity contribution in [2.24, 2.45) is 11.8 Å². The number of ketones is 1. The fourth-order valence-corrected chi connectivity index (χ4v) is 4.61. The van der Waals surface area contributed by atoms with Crippen LogP contribution in [0.1, 0.15) is 82.9 Å². The molecule has 40 heavy (non-hydrogen) atoms. The van der Waals surface area contributed by atoms with E-state index >= 15 is 0 Å². The fourth-order valence-electron chi connectivity index (χ4n) is 4.61. The molecule has 3 aromatic rings. The van der Waals surface area contributed by atoms with E-state index in [0.717, 1.165) is 22.9 Å². The van der Waals surface area contributed by atoms with Crippen LogP contribution in [0.15, 0.2) is 54.4 Å². The topological polar surface area (TPSA) is 50.2 Å². The summed E-state index contributed by atoms with van der Waals surface area (Å²) in [4.78, 5) is 16.3. The Morgan fingerprint density at radius 3 is 2.15 bits per heavy atom. The minimum atomic E-state index is -4.35. The summed E-state index contributed by atoms with van der Waals surface area (Å²) in [5, 5.41) is 12.1. The van der Waals surface area contributed by atoms with Crippen LogP contribution in [0.5, 0.6) is 0 Å². The van der Waals surface area contributed by atoms with Crippen LogP contribution in [0.3, 0.4) is 0 Å². The van der Waals surface area contributed by atoms with Gasteiger partial charge in [0.15, 0.2) is 5.78 Å². The molecule has 1 aromatic heterocycles. The maximum Gasteiger partial charge on any atom is 0.389 e. The van der Waals surface area contributed by atoms with Gasteiger partial charge in [-0.2, -0.15) is 13.2 Å². The second-order valence-corrected chi connectivity index (χ2v) is 10.5. The number of aliphatic hydroxyl groups is 1. The first-order valence-corrected chi connectivity index (χ1v) is 13.7. The monoisotopic (exact) mass is 733 g/mol. The fraction of sp³-hybridized carbons (Fsp3) is 0.455. The number of nitrogens with zero attached hydrogens (tertiary/aromatic N) is 1. The smallest absolute Gasteiger partial charge is 0.389 e. The largest absolute Gasteiger partial charge is 0.512 e. The predicted octanol–water partition coefficient (Wildman–Crippen LogP) is 9.85. The van der Waals surface area contributed by atoms with Crippen molar-refractivity contribution in [1.82, 2.24) is 4.98 Å². The summed E-state index contributed by atoms with van der Waals surface area (Å²) in [6.07, 6.45) is -1.19. The van der Waals surface area contributed by atoms with E-state index in [2.05, 4.69) is 75.1 Å². The number of pyridine rings is 1. The number of carbonyl (C=O) groups excluding carboxylic acids is 1. The molecule has 0 saturated heterocycles. The molecule has 7 heteroatoms. The van der Waals surface area contributed by atoms with Crippen molar-refractivity contribution >= 4 is 16.6 Å². The maximum absolute atomic E-state index is 12.2. The van der Waals surface area contributed by atoms with Gasteiger partial charge in [0, 0.05) is 44.2 Å². The van der Waals surface area contributed by atoms with Crippen molar-refractivity contribution in [3.63, 3.8) is 0 Å². The van der Waals surface area contributed by atoms with Gasteiger partial charge >= 0.3 is 6.18 Å². The molecule has 221 valence electrons. The van der Waals surface area contributed by atoms with Gasteiger partial charge in [0.05, 0.1) is 12.2 Å². The normalized spacial score (nSPS) is 12.7. The molecule has 0 aliphatic heterocycles. The van der Waals surface area contributed by atoms with Crippen molar-refractivity contribution in [3.8, 4) is 11.3 Å². The molecule has 0 aliphatic rings. The molecule has 1 heterocycles. The molecule has 0 fully saturated rings. The van der Waals surface area contributed by atoms with Crippen molar-refractivity contribution in [2.45, 2.75) is 86.2 Å². The number of aromatic nitrogens is 1. The van der Waals surface area contributed by atoms with Gasteiger partial charge < -0.3 is 10.1 Å². The Bertz CT molecular complexity index is 1260. The quantitative estimate of drug-likeness (QED) is 0.135. The number of allylic oxidation sites excluding steroid dienone is 2. The van der Waals surface area contributed by atoms with Gasteiger partial charge in [-0.3, -0.25) is 4.79 Å². The molecule has 1 N–H and O–H groups in total. The number of aryl methyl sites for hydroxylation is 2. The van der Waals surface area contributed by atoms with E-state index in [1.54, 1.807) is 0 Å². The Morgan fingerprint density at radius 2 is 1.62 bits per heavy atom. The second-order valence-electron chi connectivity index (χ2n) is 10.5. The van der Waals surface area contributed by atoms with E-state index < -0.39 is 24.3 Å². The number of rotatable bonds is 9. The van der Waals surface area contributed by atoms with Crippen LogP contribution in [-0.2, 0) is 24.9 Å². The molecule has 3 rings (SSSR count). The molecular weight excluding hydrogens is 692 g/mol. The van der Waals surface area contributed by atoms with Crippen molar-refractivity contribution < 1.29 is 43.2 Å². The van der Waals surface area contributed by atoms with Crippen molar-refractivity contribution in [1.29, 1.82) is 0 Å². The van der Waals surface area contributed by atoms with Crippen LogP contribution in [-0.4, -0.2) is 22.1 Å². The van der Waals surface area contributed by atoms with Crippen LogP contribution >= 0.6 is 0 Å². The minimum absolute atomic E-state index is 0. The van der Waals surface area contributed by atoms with Gasteiger partial charge in [-0.05, 0) is 53.3 Å². The first-order chi connectivity index (χ1) is 18.3. The number of hydrogen-bond acceptors (Lipinski definition) is 3. The second kappa shape index (κ2) is 16.1. The number of carbonyl (C=O) groups is 1. The Morgan fingerprint density at radius 1 is 1.00 bits per heavy atom. The number of fused-ring (bicyclic) bond motifs is 1. The molecule has 0 saturated carbocycles. The number of hydrogen-bond donors (Lipinski definition) is 1. The van der Waals surface area contributed by atoms with Crippen LogP contribution in [0.25, 0.3) is 22.0 Å². The maximum atomic E-state index is 12.2. The van der Waals surface area contributed by atoms with E-state index in [4.69, 9.17) is 0 Å². The first kappa shape index (κ1) is 35.5. The Labute approximate surface area is 250 Å². The van der Waals surface area contributed by atoms with Crippen LogP contribution < -0.4 is 0 Å². The third-order valence-electron chi connectivity index (χ3n) is 6.93. The molecular formula is C33H41F3IrNO2-. The summed E-state index contributed by atoms with van der Waals surface area (Å²) >= 11 is 0. The minimum Gasteiger partial charge on any atom is -0.512 e. The summed E-state index contributed by atoms with van der Waals surface area (Å²) in [5.74, 6) is -1.46. The van der Waals surface area contributed by atoms with Crippen molar-refractivity contribution in [3.05, 3.63) is 77.2 Å². The third-order valence-corrected chi connectivity index (χ3v) is 6.93. The van der Waals surface area contributed by atoms with Crippen LogP contribution in [0, 0.1) is 31.7 Å². The number of alkyl halides is 3. The summed E-state index contributed by atoms with van der Waals surface area (Å²) in [6.45, 7) is 13.9. The van der Waals surface area contributed by atoms with Gasteiger partial charge in [-0.25, -0.2) is 0 Å². The van der Waals surface area contributed by atoms with Crippen LogP contribution in [0.4, 0.5) is 13.2 Å². The van der Waals surface area contributed by atoms with Gasteiger partial charge in [0.1, 0.15) is 0 Å². The van der Waals surface area contributed by atoms with E-state index in [0.29, 0.717) is 18.8 Å². The van der Waals surface area contributed by atoms with E-state index in [1.807, 2.05) is 20.0 Å². The Hall–Kier alpha value is -2.50. The number of halogens is 3. The molecule has 0 amide bonds. The number of aliphatic hydroxyl groups excluding tert-OH is 1. The van der Waals surface area contributed by atoms with E-state index in [9.17, 15) is 23.1 Å². The van der Waals surface area contributed by atoms with Crippen molar-refractivity contribution in [2.75, 3.05) is 0 Å². The first-order valence-electron chi connectivity index (χ1n) is 13.7. The summed E-state index contributed by atoms with van der Waals surface area (Å²) in [6, 6.07) is 16.5. The summed E-state index contributed by atoms with van der Waals surface area (Å²) in [7, 11) is 0. The SMILES string of the molecule is CCC(CC(F)(F)F)C(=O)/C=C(\O)C(CC)CC.Cc1[c-]c(-c2nccc3cc(C(C)C)ccc23)cc(C)c1.[Ir]. The molecule has 1 radical (unpaired) electrons. The molecule has 1 unspecified atom stereocenters. The average molecular weight is 733 g/mol. The van der Waals surface area contributed by atoms with E-state index in [1.165, 1.54) is 28.8 Å². The molecule has 3 nitrogen and oxygen atoms in total.